The van der Waals surface area contributed by atoms with Crippen molar-refractivity contribution in [1.29, 1.82) is 5.26 Å². The minimum absolute atomic E-state index is 0.567. The average Bonchev–Trinajstić information content (AvgIpc) is 3.10. The second-order valence-electron chi connectivity index (χ2n) is 5.96. The van der Waals surface area contributed by atoms with Gasteiger partial charge in [-0.2, -0.15) is 5.26 Å². The van der Waals surface area contributed by atoms with Crippen LogP contribution < -0.4 is 5.32 Å². The predicted octanol–water partition coefficient (Wildman–Crippen LogP) is 1.72. The molecule has 4 rings (SSSR count). The van der Waals surface area contributed by atoms with E-state index in [4.69, 9.17) is 11.6 Å². The fourth-order valence-corrected chi connectivity index (χ4v) is 4.29. The lowest BCUT2D eigenvalue weighted by Gasteiger charge is -2.32. The summed E-state index contributed by atoms with van der Waals surface area (Å²) in [6, 6.07) is 8.10. The second kappa shape index (κ2) is 4.21. The van der Waals surface area contributed by atoms with Crippen LogP contribution in [0.1, 0.15) is 23.1 Å². The van der Waals surface area contributed by atoms with Crippen molar-refractivity contribution in [2.24, 2.45) is 0 Å². The topological polar surface area (TPSA) is 39.1 Å². The Balaban J connectivity index is 1.62. The fraction of sp³-hybridized carbons (Fsp3) is 0.533. The summed E-state index contributed by atoms with van der Waals surface area (Å²) >= 11 is 6.10. The molecule has 0 spiro atoms. The number of nitrogens with zero attached hydrogens (tertiary/aromatic N) is 2. The van der Waals surface area contributed by atoms with Gasteiger partial charge in [0, 0.05) is 36.2 Å². The number of halogens is 1. The number of hydrogen-bond acceptors (Lipinski definition) is 3. The Labute approximate surface area is 118 Å². The summed E-state index contributed by atoms with van der Waals surface area (Å²) in [4.78, 5) is 2.65. The van der Waals surface area contributed by atoms with Crippen LogP contribution in [-0.2, 0) is 12.8 Å². The van der Waals surface area contributed by atoms with Gasteiger partial charge in [-0.25, -0.2) is 0 Å². The van der Waals surface area contributed by atoms with E-state index in [-0.39, 0.29) is 0 Å². The van der Waals surface area contributed by atoms with E-state index >= 15 is 0 Å². The summed E-state index contributed by atoms with van der Waals surface area (Å²) in [5.41, 5.74) is 3.28. The number of nitriles is 1. The molecule has 2 heterocycles. The molecule has 0 saturated carbocycles. The molecule has 1 aliphatic carbocycles. The van der Waals surface area contributed by atoms with Crippen molar-refractivity contribution in [1.82, 2.24) is 10.2 Å². The first-order valence-corrected chi connectivity index (χ1v) is 7.33. The molecule has 4 heteroatoms. The van der Waals surface area contributed by atoms with Gasteiger partial charge in [0.2, 0.25) is 0 Å². The molecule has 3 aliphatic rings. The van der Waals surface area contributed by atoms with E-state index in [1.165, 1.54) is 24.1 Å². The lowest BCUT2D eigenvalue weighted by molar-refractivity contribution is 0.163. The van der Waals surface area contributed by atoms with Gasteiger partial charge < -0.3 is 5.32 Å². The van der Waals surface area contributed by atoms with Crippen molar-refractivity contribution >= 4 is 11.6 Å². The van der Waals surface area contributed by atoms with E-state index in [0.717, 1.165) is 24.9 Å². The number of hydrogen-bond donors (Lipinski definition) is 1. The average molecular weight is 274 g/mol. The van der Waals surface area contributed by atoms with E-state index in [1.54, 1.807) is 6.07 Å². The maximum Gasteiger partial charge on any atom is 0.0995 e. The minimum Gasteiger partial charge on any atom is -0.311 e. The first-order valence-electron chi connectivity index (χ1n) is 6.95. The number of piperazine rings is 1. The highest BCUT2D eigenvalue weighted by molar-refractivity contribution is 6.30. The summed E-state index contributed by atoms with van der Waals surface area (Å²) in [5.74, 6) is 0. The molecule has 1 aromatic carbocycles. The van der Waals surface area contributed by atoms with Gasteiger partial charge in [0.25, 0.3) is 0 Å². The largest absolute Gasteiger partial charge is 0.311 e. The van der Waals surface area contributed by atoms with Crippen molar-refractivity contribution in [3.63, 3.8) is 0 Å². The van der Waals surface area contributed by atoms with E-state index in [2.05, 4.69) is 16.3 Å². The smallest absolute Gasteiger partial charge is 0.0995 e. The Kier molecular flexibility index (Phi) is 2.60. The normalized spacial score (nSPS) is 32.5. The summed E-state index contributed by atoms with van der Waals surface area (Å²) in [7, 11) is 0. The van der Waals surface area contributed by atoms with Gasteiger partial charge in [0.1, 0.15) is 0 Å². The zero-order valence-electron chi connectivity index (χ0n) is 10.7. The highest BCUT2D eigenvalue weighted by atomic mass is 35.5. The van der Waals surface area contributed by atoms with Crippen molar-refractivity contribution < 1.29 is 0 Å². The van der Waals surface area contributed by atoms with Crippen LogP contribution in [0, 0.1) is 11.3 Å². The summed E-state index contributed by atoms with van der Waals surface area (Å²) < 4.78 is 0. The van der Waals surface area contributed by atoms with E-state index < -0.39 is 0 Å². The number of likely N-dealkylation sites (tertiary alicyclic amines) is 1. The molecular formula is C15H16ClN3. The molecule has 1 unspecified atom stereocenters. The van der Waals surface area contributed by atoms with Crippen LogP contribution in [0.15, 0.2) is 12.1 Å². The molecule has 0 radical (unpaired) electrons. The Morgan fingerprint density at radius 1 is 1.32 bits per heavy atom. The van der Waals surface area contributed by atoms with Crippen LogP contribution in [0.3, 0.4) is 0 Å². The van der Waals surface area contributed by atoms with Gasteiger partial charge in [-0.3, -0.25) is 4.90 Å². The monoisotopic (exact) mass is 273 g/mol. The third kappa shape index (κ3) is 1.79. The molecule has 2 fully saturated rings. The molecule has 0 amide bonds. The fourth-order valence-electron chi connectivity index (χ4n) is 4.05. The number of rotatable bonds is 1. The van der Waals surface area contributed by atoms with Gasteiger partial charge in [0.15, 0.2) is 0 Å². The molecule has 2 bridgehead atoms. The van der Waals surface area contributed by atoms with Gasteiger partial charge >= 0.3 is 0 Å². The van der Waals surface area contributed by atoms with Crippen LogP contribution in [0.25, 0.3) is 0 Å². The first kappa shape index (κ1) is 11.7. The molecule has 3 atom stereocenters. The maximum absolute atomic E-state index is 9.25. The third-order valence-corrected chi connectivity index (χ3v) is 5.11. The van der Waals surface area contributed by atoms with Crippen LogP contribution in [0.4, 0.5) is 0 Å². The Hall–Kier alpha value is -1.08. The van der Waals surface area contributed by atoms with Crippen molar-refractivity contribution in [3.05, 3.63) is 33.8 Å². The second-order valence-corrected chi connectivity index (χ2v) is 6.39. The molecule has 98 valence electrons. The lowest BCUT2D eigenvalue weighted by atomic mass is 10.0. The van der Waals surface area contributed by atoms with E-state index in [1.807, 2.05) is 6.07 Å². The predicted molar refractivity (Wildman–Crippen MR) is 74.3 cm³/mol. The van der Waals surface area contributed by atoms with Crippen LogP contribution in [-0.4, -0.2) is 36.1 Å². The summed E-state index contributed by atoms with van der Waals surface area (Å²) in [5, 5.41) is 13.5. The van der Waals surface area contributed by atoms with Gasteiger partial charge in [-0.05, 0) is 42.5 Å². The maximum atomic E-state index is 9.25. The van der Waals surface area contributed by atoms with Crippen molar-refractivity contribution in [2.45, 2.75) is 37.4 Å². The summed E-state index contributed by atoms with van der Waals surface area (Å²) in [6.45, 7) is 2.29. The molecule has 2 aliphatic heterocycles. The molecule has 19 heavy (non-hydrogen) atoms. The third-order valence-electron chi connectivity index (χ3n) is 4.89. The molecule has 3 nitrogen and oxygen atoms in total. The molecule has 0 aromatic heterocycles. The van der Waals surface area contributed by atoms with Gasteiger partial charge in [-0.15, -0.1) is 0 Å². The van der Waals surface area contributed by atoms with Gasteiger partial charge in [0.05, 0.1) is 11.6 Å². The van der Waals surface area contributed by atoms with Crippen LogP contribution in [0.5, 0.6) is 0 Å². The van der Waals surface area contributed by atoms with Crippen LogP contribution >= 0.6 is 11.6 Å². The Morgan fingerprint density at radius 2 is 2.21 bits per heavy atom. The zero-order chi connectivity index (χ0) is 13.0. The highest BCUT2D eigenvalue weighted by Gasteiger charge is 2.42. The van der Waals surface area contributed by atoms with E-state index in [9.17, 15) is 5.26 Å². The standard InChI is InChI=1S/C15H16ClN3/c16-11-1-9-3-13(5-15(9)10(2-11)6-17)19-8-12-4-14(19)7-18-12/h1-2,12-14,18H,3-5,7-8H2/t12-,13?,14-/m0/s1. The Morgan fingerprint density at radius 3 is 2.89 bits per heavy atom. The van der Waals surface area contributed by atoms with E-state index in [0.29, 0.717) is 23.1 Å². The van der Waals surface area contributed by atoms with Crippen molar-refractivity contribution in [2.75, 3.05) is 13.1 Å². The molecule has 2 saturated heterocycles. The number of nitrogens with one attached hydrogen (secondary N) is 1. The number of benzene rings is 1. The molecule has 1 aromatic rings. The summed E-state index contributed by atoms with van der Waals surface area (Å²) in [6.07, 6.45) is 3.35. The molecule has 1 N–H and O–H groups in total. The quantitative estimate of drug-likeness (QED) is 0.847. The zero-order valence-corrected chi connectivity index (χ0v) is 11.5. The van der Waals surface area contributed by atoms with Crippen molar-refractivity contribution in [3.8, 4) is 6.07 Å². The van der Waals surface area contributed by atoms with Crippen LogP contribution in [0.2, 0.25) is 5.02 Å². The minimum atomic E-state index is 0.567. The SMILES string of the molecule is N#Cc1cc(Cl)cc2c1CC(N1C[C@@H]3C[C@H]1CN3)C2. The number of fused-ring (bicyclic) bond motifs is 3. The first-order chi connectivity index (χ1) is 9.24. The lowest BCUT2D eigenvalue weighted by Crippen LogP contribution is -2.48. The Bertz CT molecular complexity index is 577. The van der Waals surface area contributed by atoms with Gasteiger partial charge in [-0.1, -0.05) is 11.6 Å². The highest BCUT2D eigenvalue weighted by Crippen LogP contribution is 2.35. The molecular weight excluding hydrogens is 258 g/mol.